The number of benzene rings is 1. The summed E-state index contributed by atoms with van der Waals surface area (Å²) in [6.07, 6.45) is 3.36. The Kier molecular flexibility index (Phi) is 5.37. The van der Waals surface area contributed by atoms with Crippen molar-refractivity contribution in [3.63, 3.8) is 0 Å². The van der Waals surface area contributed by atoms with E-state index in [0.29, 0.717) is 17.5 Å². The Bertz CT molecular complexity index is 678. The SMILES string of the molecule is CCOC(=O)C(c1cnc(-c2ccccc2Cl)nc1)C(C)(C)C. The monoisotopic (exact) mass is 332 g/mol. The van der Waals surface area contributed by atoms with Crippen LogP contribution in [0.4, 0.5) is 0 Å². The first kappa shape index (κ1) is 17.4. The Morgan fingerprint density at radius 3 is 2.35 bits per heavy atom. The maximum Gasteiger partial charge on any atom is 0.314 e. The summed E-state index contributed by atoms with van der Waals surface area (Å²) in [6.45, 7) is 8.14. The molecule has 0 aliphatic heterocycles. The van der Waals surface area contributed by atoms with Crippen molar-refractivity contribution in [1.82, 2.24) is 9.97 Å². The lowest BCUT2D eigenvalue weighted by Gasteiger charge is -2.28. The second kappa shape index (κ2) is 7.09. The molecule has 23 heavy (non-hydrogen) atoms. The number of hydrogen-bond donors (Lipinski definition) is 0. The molecule has 0 bridgehead atoms. The van der Waals surface area contributed by atoms with Crippen molar-refractivity contribution >= 4 is 17.6 Å². The van der Waals surface area contributed by atoms with Crippen LogP contribution in [0.25, 0.3) is 11.4 Å². The fraction of sp³-hybridized carbons (Fsp3) is 0.389. The summed E-state index contributed by atoms with van der Waals surface area (Å²) in [6, 6.07) is 7.40. The smallest absolute Gasteiger partial charge is 0.314 e. The zero-order chi connectivity index (χ0) is 17.0. The van der Waals surface area contributed by atoms with Gasteiger partial charge in [0.25, 0.3) is 0 Å². The molecule has 0 saturated carbocycles. The highest BCUT2D eigenvalue weighted by Gasteiger charge is 2.34. The molecule has 0 amide bonds. The van der Waals surface area contributed by atoms with Gasteiger partial charge in [0.1, 0.15) is 0 Å². The number of carbonyl (C=O) groups excluding carboxylic acids is 1. The molecule has 0 aliphatic rings. The highest BCUT2D eigenvalue weighted by Crippen LogP contribution is 2.36. The Morgan fingerprint density at radius 2 is 1.83 bits per heavy atom. The molecule has 1 unspecified atom stereocenters. The second-order valence-corrected chi connectivity index (χ2v) is 6.78. The Labute approximate surface area is 141 Å². The lowest BCUT2D eigenvalue weighted by atomic mass is 9.77. The fourth-order valence-corrected chi connectivity index (χ4v) is 2.70. The molecule has 2 aromatic rings. The summed E-state index contributed by atoms with van der Waals surface area (Å²) >= 11 is 6.17. The minimum Gasteiger partial charge on any atom is -0.466 e. The number of nitrogens with zero attached hydrogens (tertiary/aromatic N) is 2. The maximum atomic E-state index is 12.3. The molecule has 0 saturated heterocycles. The van der Waals surface area contributed by atoms with Gasteiger partial charge < -0.3 is 4.74 Å². The molecule has 122 valence electrons. The van der Waals surface area contributed by atoms with Gasteiger partial charge in [0, 0.05) is 23.5 Å². The molecule has 0 aliphatic carbocycles. The van der Waals surface area contributed by atoms with E-state index in [9.17, 15) is 4.79 Å². The van der Waals surface area contributed by atoms with E-state index >= 15 is 0 Å². The third-order valence-electron chi connectivity index (χ3n) is 3.51. The number of halogens is 1. The van der Waals surface area contributed by atoms with Crippen molar-refractivity contribution in [2.24, 2.45) is 5.41 Å². The van der Waals surface area contributed by atoms with Gasteiger partial charge in [-0.1, -0.05) is 44.5 Å². The van der Waals surface area contributed by atoms with E-state index in [0.717, 1.165) is 11.1 Å². The topological polar surface area (TPSA) is 52.1 Å². The van der Waals surface area contributed by atoms with Crippen molar-refractivity contribution in [1.29, 1.82) is 0 Å². The normalized spacial score (nSPS) is 12.7. The van der Waals surface area contributed by atoms with Crippen LogP contribution in [0, 0.1) is 5.41 Å². The highest BCUT2D eigenvalue weighted by molar-refractivity contribution is 6.33. The van der Waals surface area contributed by atoms with E-state index in [4.69, 9.17) is 16.3 Å². The van der Waals surface area contributed by atoms with Crippen LogP contribution in [0.1, 0.15) is 39.2 Å². The van der Waals surface area contributed by atoms with Crippen LogP contribution in [-0.2, 0) is 9.53 Å². The van der Waals surface area contributed by atoms with E-state index in [-0.39, 0.29) is 11.4 Å². The number of hydrogen-bond acceptors (Lipinski definition) is 4. The maximum absolute atomic E-state index is 12.3. The third-order valence-corrected chi connectivity index (χ3v) is 3.84. The number of esters is 1. The van der Waals surface area contributed by atoms with Gasteiger partial charge in [-0.3, -0.25) is 4.79 Å². The lowest BCUT2D eigenvalue weighted by Crippen LogP contribution is -2.28. The van der Waals surface area contributed by atoms with Crippen molar-refractivity contribution in [3.8, 4) is 11.4 Å². The summed E-state index contributed by atoms with van der Waals surface area (Å²) in [5.41, 5.74) is 1.22. The Balaban J connectivity index is 2.36. The number of aromatic nitrogens is 2. The quantitative estimate of drug-likeness (QED) is 0.774. The van der Waals surface area contributed by atoms with Crippen LogP contribution in [0.3, 0.4) is 0 Å². The first-order chi connectivity index (χ1) is 10.8. The van der Waals surface area contributed by atoms with E-state index in [1.54, 1.807) is 25.4 Å². The van der Waals surface area contributed by atoms with Crippen LogP contribution < -0.4 is 0 Å². The minimum atomic E-state index is -0.414. The molecule has 1 atom stereocenters. The van der Waals surface area contributed by atoms with Crippen LogP contribution in [0.15, 0.2) is 36.7 Å². The van der Waals surface area contributed by atoms with E-state index in [1.165, 1.54) is 0 Å². The summed E-state index contributed by atoms with van der Waals surface area (Å²) in [5.74, 6) is -0.132. The lowest BCUT2D eigenvalue weighted by molar-refractivity contribution is -0.147. The molecule has 1 heterocycles. The highest BCUT2D eigenvalue weighted by atomic mass is 35.5. The predicted octanol–water partition coefficient (Wildman–Crippen LogP) is 4.49. The molecule has 1 aromatic heterocycles. The minimum absolute atomic E-state index is 0.255. The van der Waals surface area contributed by atoms with Gasteiger partial charge in [-0.25, -0.2) is 9.97 Å². The summed E-state index contributed by atoms with van der Waals surface area (Å²) in [4.78, 5) is 21.1. The second-order valence-electron chi connectivity index (χ2n) is 6.37. The average molecular weight is 333 g/mol. The largest absolute Gasteiger partial charge is 0.466 e. The van der Waals surface area contributed by atoms with Gasteiger partial charge in [0.2, 0.25) is 0 Å². The molecule has 1 aromatic carbocycles. The van der Waals surface area contributed by atoms with Crippen LogP contribution >= 0.6 is 11.6 Å². The van der Waals surface area contributed by atoms with E-state index in [1.807, 2.05) is 39.0 Å². The van der Waals surface area contributed by atoms with Crippen molar-refractivity contribution in [3.05, 3.63) is 47.2 Å². The molecular weight excluding hydrogens is 312 g/mol. The first-order valence-corrected chi connectivity index (χ1v) is 7.96. The standard InChI is InChI=1S/C18H21ClN2O2/c1-5-23-17(22)15(18(2,3)4)12-10-20-16(21-11-12)13-8-6-7-9-14(13)19/h6-11,15H,5H2,1-4H3. The van der Waals surface area contributed by atoms with Crippen LogP contribution in [0.5, 0.6) is 0 Å². The molecule has 0 spiro atoms. The van der Waals surface area contributed by atoms with Crippen LogP contribution in [-0.4, -0.2) is 22.5 Å². The molecule has 0 N–H and O–H groups in total. The average Bonchev–Trinajstić information content (AvgIpc) is 2.48. The summed E-state index contributed by atoms with van der Waals surface area (Å²) in [7, 11) is 0. The zero-order valence-corrected chi connectivity index (χ0v) is 14.6. The summed E-state index contributed by atoms with van der Waals surface area (Å²) in [5, 5.41) is 0.595. The van der Waals surface area contributed by atoms with Crippen molar-refractivity contribution < 1.29 is 9.53 Å². The first-order valence-electron chi connectivity index (χ1n) is 7.58. The number of ether oxygens (including phenoxy) is 1. The third kappa shape index (κ3) is 4.08. The molecule has 0 fully saturated rings. The van der Waals surface area contributed by atoms with Gasteiger partial charge in [-0.2, -0.15) is 0 Å². The van der Waals surface area contributed by atoms with Gasteiger partial charge in [-0.05, 0) is 24.5 Å². The molecule has 5 heteroatoms. The fourth-order valence-electron chi connectivity index (χ4n) is 2.48. The van der Waals surface area contributed by atoms with Gasteiger partial charge in [0.15, 0.2) is 5.82 Å². The number of carbonyl (C=O) groups is 1. The van der Waals surface area contributed by atoms with Gasteiger partial charge >= 0.3 is 5.97 Å². The van der Waals surface area contributed by atoms with E-state index in [2.05, 4.69) is 9.97 Å². The molecular formula is C18H21ClN2O2. The Hall–Kier alpha value is -1.94. The number of rotatable bonds is 4. The molecule has 4 nitrogen and oxygen atoms in total. The summed E-state index contributed by atoms with van der Waals surface area (Å²) < 4.78 is 5.20. The molecule has 2 rings (SSSR count). The van der Waals surface area contributed by atoms with Crippen molar-refractivity contribution in [2.45, 2.75) is 33.6 Å². The zero-order valence-electron chi connectivity index (χ0n) is 13.8. The van der Waals surface area contributed by atoms with E-state index < -0.39 is 5.92 Å². The van der Waals surface area contributed by atoms with Crippen LogP contribution in [0.2, 0.25) is 5.02 Å². The predicted molar refractivity (Wildman–Crippen MR) is 91.3 cm³/mol. The van der Waals surface area contributed by atoms with Gasteiger partial charge in [-0.15, -0.1) is 0 Å². The van der Waals surface area contributed by atoms with Gasteiger partial charge in [0.05, 0.1) is 17.5 Å². The Morgan fingerprint density at radius 1 is 1.22 bits per heavy atom. The van der Waals surface area contributed by atoms with Crippen molar-refractivity contribution in [2.75, 3.05) is 6.61 Å². The molecule has 0 radical (unpaired) electrons.